The highest BCUT2D eigenvalue weighted by atomic mass is 16.3. The molecule has 0 spiro atoms. The normalized spacial score (nSPS) is 13.3. The van der Waals surface area contributed by atoms with Crippen LogP contribution in [0.1, 0.15) is 67.2 Å². The van der Waals surface area contributed by atoms with Crippen LogP contribution in [0.15, 0.2) is 11.6 Å². The summed E-state index contributed by atoms with van der Waals surface area (Å²) in [6.45, 7) is 16.1. The first kappa shape index (κ1) is 28.7. The first-order valence-electron chi connectivity index (χ1n) is 10.6. The molecule has 0 fully saturated rings. The predicted octanol–water partition coefficient (Wildman–Crippen LogP) is 3.13. The van der Waals surface area contributed by atoms with Crippen molar-refractivity contribution in [2.24, 2.45) is 0 Å². The van der Waals surface area contributed by atoms with Crippen LogP contribution in [0, 0.1) is 0 Å². The predicted molar refractivity (Wildman–Crippen MR) is 119 cm³/mol. The van der Waals surface area contributed by atoms with Gasteiger partial charge in [0.2, 0.25) is 0 Å². The van der Waals surface area contributed by atoms with Crippen molar-refractivity contribution >= 4 is 0 Å². The van der Waals surface area contributed by atoms with Crippen LogP contribution < -0.4 is 5.32 Å². The van der Waals surface area contributed by atoms with Crippen molar-refractivity contribution in [3.63, 3.8) is 0 Å². The van der Waals surface area contributed by atoms with Crippen LogP contribution in [0.25, 0.3) is 0 Å². The van der Waals surface area contributed by atoms with Gasteiger partial charge >= 0.3 is 0 Å². The minimum Gasteiger partial charge on any atom is -0.395 e. The average molecular weight is 388 g/mol. The van der Waals surface area contributed by atoms with Gasteiger partial charge in [-0.3, -0.25) is 4.90 Å². The van der Waals surface area contributed by atoms with Gasteiger partial charge in [-0.2, -0.15) is 0 Å². The summed E-state index contributed by atoms with van der Waals surface area (Å²) in [5.41, 5.74) is 1.45. The summed E-state index contributed by atoms with van der Waals surface area (Å²) in [6.07, 6.45) is 8.09. The topological polar surface area (TPSA) is 59.0 Å². The first-order chi connectivity index (χ1) is 12.6. The van der Waals surface area contributed by atoms with Gasteiger partial charge in [0.05, 0.1) is 13.2 Å². The van der Waals surface area contributed by atoms with E-state index in [9.17, 15) is 0 Å². The molecule has 0 saturated heterocycles. The van der Waals surface area contributed by atoms with Gasteiger partial charge in [0.25, 0.3) is 0 Å². The Morgan fingerprint density at radius 3 is 2.11 bits per heavy atom. The molecule has 0 aromatic heterocycles. The van der Waals surface area contributed by atoms with Gasteiger partial charge in [-0.25, -0.2) is 0 Å². The summed E-state index contributed by atoms with van der Waals surface area (Å²) in [5.74, 6) is 0. The minimum atomic E-state index is 0. The highest BCUT2D eigenvalue weighted by molar-refractivity contribution is 4.98. The molecule has 5 heteroatoms. The lowest BCUT2D eigenvalue weighted by Crippen LogP contribution is -2.31. The van der Waals surface area contributed by atoms with Crippen LogP contribution in [-0.4, -0.2) is 85.1 Å². The fourth-order valence-electron chi connectivity index (χ4n) is 3.17. The molecule has 5 nitrogen and oxygen atoms in total. The fraction of sp³-hybridized carbons (Fsp3) is 0.909. The summed E-state index contributed by atoms with van der Waals surface area (Å²) in [4.78, 5) is 4.60. The Labute approximate surface area is 169 Å². The third kappa shape index (κ3) is 17.4. The second-order valence-corrected chi connectivity index (χ2v) is 7.26. The Kier molecular flexibility index (Phi) is 21.6. The van der Waals surface area contributed by atoms with Crippen LogP contribution >= 0.6 is 0 Å². The van der Waals surface area contributed by atoms with Gasteiger partial charge < -0.3 is 20.4 Å². The molecule has 0 amide bonds. The molecule has 0 saturated carbocycles. The van der Waals surface area contributed by atoms with E-state index < -0.39 is 0 Å². The largest absolute Gasteiger partial charge is 0.395 e. The molecular weight excluding hydrogens is 338 g/mol. The molecule has 0 bridgehead atoms. The van der Waals surface area contributed by atoms with E-state index >= 15 is 0 Å². The highest BCUT2D eigenvalue weighted by Gasteiger charge is 2.04. The van der Waals surface area contributed by atoms with E-state index in [0.29, 0.717) is 19.1 Å². The van der Waals surface area contributed by atoms with E-state index in [0.717, 1.165) is 45.4 Å². The Morgan fingerprint density at radius 1 is 0.963 bits per heavy atom. The third-order valence-corrected chi connectivity index (χ3v) is 5.01. The Bertz CT molecular complexity index is 328. The van der Waals surface area contributed by atoms with Gasteiger partial charge in [-0.15, -0.1) is 0 Å². The molecule has 27 heavy (non-hydrogen) atoms. The van der Waals surface area contributed by atoms with Crippen molar-refractivity contribution in [1.82, 2.24) is 15.1 Å². The molecule has 0 aromatic carbocycles. The van der Waals surface area contributed by atoms with Crippen molar-refractivity contribution in [1.29, 1.82) is 0 Å². The summed E-state index contributed by atoms with van der Waals surface area (Å²) < 4.78 is 0. The molecule has 0 aliphatic carbocycles. The van der Waals surface area contributed by atoms with E-state index in [-0.39, 0.29) is 20.6 Å². The van der Waals surface area contributed by atoms with Crippen molar-refractivity contribution in [3.8, 4) is 0 Å². The molecule has 1 atom stereocenters. The second kappa shape index (κ2) is 20.3. The molecule has 164 valence electrons. The molecule has 0 rings (SSSR count). The maximum absolute atomic E-state index is 9.03. The van der Waals surface area contributed by atoms with Crippen LogP contribution in [-0.2, 0) is 0 Å². The van der Waals surface area contributed by atoms with Crippen molar-refractivity contribution in [2.75, 3.05) is 59.0 Å². The molecule has 0 aromatic rings. The van der Waals surface area contributed by atoms with Gasteiger partial charge in [-0.1, -0.05) is 32.9 Å². The average Bonchev–Trinajstić information content (AvgIpc) is 2.62. The molecule has 1 unspecified atom stereocenters. The number of nitrogens with zero attached hydrogens (tertiary/aromatic N) is 2. The fourth-order valence-corrected chi connectivity index (χ4v) is 3.17. The Balaban J connectivity index is 0. The molecule has 0 radical (unpaired) electrons. The van der Waals surface area contributed by atoms with E-state index in [4.69, 9.17) is 10.2 Å². The second-order valence-electron chi connectivity index (χ2n) is 7.26. The minimum absolute atomic E-state index is 0. The van der Waals surface area contributed by atoms with Crippen LogP contribution in [0.4, 0.5) is 0 Å². The summed E-state index contributed by atoms with van der Waals surface area (Å²) in [6, 6.07) is 0.570. The number of allylic oxidation sites excluding steroid dienone is 2. The van der Waals surface area contributed by atoms with E-state index in [1.54, 1.807) is 0 Å². The first-order valence-corrected chi connectivity index (χ1v) is 10.6. The summed E-state index contributed by atoms with van der Waals surface area (Å²) in [7, 11) is 0. The summed E-state index contributed by atoms with van der Waals surface area (Å²) >= 11 is 0. The number of nitrogens with one attached hydrogen (secondary N) is 1. The third-order valence-electron chi connectivity index (χ3n) is 5.01. The quantitative estimate of drug-likeness (QED) is 0.249. The monoisotopic (exact) mass is 387 g/mol. The number of rotatable bonds is 18. The van der Waals surface area contributed by atoms with E-state index in [2.05, 4.69) is 48.9 Å². The van der Waals surface area contributed by atoms with Crippen LogP contribution in [0.3, 0.4) is 0 Å². The van der Waals surface area contributed by atoms with Gasteiger partial charge in [0.15, 0.2) is 0 Å². The van der Waals surface area contributed by atoms with E-state index in [1.807, 2.05) is 0 Å². The zero-order valence-electron chi connectivity index (χ0n) is 17.8. The number of aliphatic hydroxyl groups is 2. The lowest BCUT2D eigenvalue weighted by atomic mass is 10.1. The Morgan fingerprint density at radius 2 is 1.56 bits per heavy atom. The molecular formula is C22H49N3O2. The smallest absolute Gasteiger partial charge is 0.0558 e. The number of hydrogen-bond acceptors (Lipinski definition) is 5. The maximum atomic E-state index is 9.03. The standard InChI is InChI=1S/C21H45N3O2.CH4/c1-5-23(6-2)15-9-13-22-21(4)12-7-10-20(3)11-8-14-24(16-18-25)17-19-26;/h10,21-22,25-26H,5-9,11-19H2,1-4H3;1H4/b20-10-;. The van der Waals surface area contributed by atoms with Crippen LogP contribution in [0.5, 0.6) is 0 Å². The van der Waals surface area contributed by atoms with Gasteiger partial charge in [-0.05, 0) is 78.7 Å². The lowest BCUT2D eigenvalue weighted by Gasteiger charge is -2.20. The Hall–Kier alpha value is -0.460. The van der Waals surface area contributed by atoms with Crippen molar-refractivity contribution < 1.29 is 10.2 Å². The molecule has 0 aliphatic heterocycles. The number of aliphatic hydroxyl groups excluding tert-OH is 2. The number of hydrogen-bond donors (Lipinski definition) is 3. The van der Waals surface area contributed by atoms with Gasteiger partial charge in [0, 0.05) is 19.1 Å². The molecule has 0 heterocycles. The molecule has 3 N–H and O–H groups in total. The zero-order chi connectivity index (χ0) is 19.6. The highest BCUT2D eigenvalue weighted by Crippen LogP contribution is 2.08. The van der Waals surface area contributed by atoms with Gasteiger partial charge in [0.1, 0.15) is 0 Å². The van der Waals surface area contributed by atoms with Crippen molar-refractivity contribution in [2.45, 2.75) is 73.3 Å². The maximum Gasteiger partial charge on any atom is 0.0558 e. The lowest BCUT2D eigenvalue weighted by molar-refractivity contribution is 0.160. The van der Waals surface area contributed by atoms with E-state index in [1.165, 1.54) is 25.0 Å². The zero-order valence-corrected chi connectivity index (χ0v) is 17.8. The molecule has 0 aliphatic rings. The summed E-state index contributed by atoms with van der Waals surface area (Å²) in [5, 5.41) is 21.7. The van der Waals surface area contributed by atoms with Crippen molar-refractivity contribution in [3.05, 3.63) is 11.6 Å². The van der Waals surface area contributed by atoms with Crippen LogP contribution in [0.2, 0.25) is 0 Å². The SMILES string of the molecule is C.CCN(CC)CCCNC(C)CC/C=C(/C)CCCN(CCO)CCO.